The minimum Gasteiger partial charge on any atom is -0.347 e. The van der Waals surface area contributed by atoms with E-state index in [9.17, 15) is 13.2 Å². The number of sulfonamides is 1. The molecule has 21 heavy (non-hydrogen) atoms. The highest BCUT2D eigenvalue weighted by atomic mass is 35.5. The zero-order valence-corrected chi connectivity index (χ0v) is 13.5. The van der Waals surface area contributed by atoms with Crippen molar-refractivity contribution in [2.45, 2.75) is 17.7 Å². The van der Waals surface area contributed by atoms with Crippen molar-refractivity contribution in [1.29, 1.82) is 0 Å². The van der Waals surface area contributed by atoms with Crippen molar-refractivity contribution in [3.05, 3.63) is 51.4 Å². The number of hydrogen-bond acceptors (Lipinski definition) is 4. The highest BCUT2D eigenvalue weighted by Crippen LogP contribution is 2.20. The molecule has 1 heterocycles. The quantitative estimate of drug-likeness (QED) is 0.891. The van der Waals surface area contributed by atoms with Crippen LogP contribution < -0.4 is 10.5 Å². The number of carbonyl (C=O) groups is 1. The summed E-state index contributed by atoms with van der Waals surface area (Å²) in [5, 5.41) is 8.35. The zero-order chi connectivity index (χ0) is 15.6. The van der Waals surface area contributed by atoms with E-state index >= 15 is 0 Å². The molecule has 0 unspecified atom stereocenters. The first kappa shape index (κ1) is 16.0. The van der Waals surface area contributed by atoms with E-state index in [0.29, 0.717) is 15.5 Å². The lowest BCUT2D eigenvalue weighted by Crippen LogP contribution is -2.22. The number of primary sulfonamides is 1. The molecule has 0 saturated heterocycles. The number of carbonyl (C=O) groups excluding carboxylic acids is 1. The molecule has 0 saturated carbocycles. The molecular formula is C13H13ClN2O3S2. The van der Waals surface area contributed by atoms with Gasteiger partial charge in [-0.2, -0.15) is 0 Å². The lowest BCUT2D eigenvalue weighted by molar-refractivity contribution is 0.0951. The second-order valence-corrected chi connectivity index (χ2v) is 7.78. The van der Waals surface area contributed by atoms with Crippen molar-refractivity contribution >= 4 is 38.9 Å². The Morgan fingerprint density at radius 3 is 2.62 bits per heavy atom. The largest absolute Gasteiger partial charge is 0.347 e. The molecule has 0 atom stereocenters. The van der Waals surface area contributed by atoms with E-state index in [4.69, 9.17) is 16.7 Å². The molecule has 1 aromatic heterocycles. The highest BCUT2D eigenvalue weighted by Gasteiger charge is 2.12. The average Bonchev–Trinajstić information content (AvgIpc) is 2.88. The van der Waals surface area contributed by atoms with Gasteiger partial charge in [-0.3, -0.25) is 4.79 Å². The molecule has 1 aromatic carbocycles. The second kappa shape index (κ2) is 6.15. The van der Waals surface area contributed by atoms with Gasteiger partial charge in [0.1, 0.15) is 4.21 Å². The molecule has 3 N–H and O–H groups in total. The van der Waals surface area contributed by atoms with E-state index in [1.807, 2.05) is 6.92 Å². The van der Waals surface area contributed by atoms with Gasteiger partial charge in [-0.25, -0.2) is 13.6 Å². The molecule has 2 aromatic rings. The number of hydrogen-bond donors (Lipinski definition) is 2. The number of benzene rings is 1. The summed E-state index contributed by atoms with van der Waals surface area (Å²) in [6.07, 6.45) is 0. The molecule has 2 rings (SSSR count). The number of nitrogens with two attached hydrogens (primary N) is 1. The Labute approximate surface area is 131 Å². The van der Waals surface area contributed by atoms with Crippen molar-refractivity contribution < 1.29 is 13.2 Å². The number of amides is 1. The topological polar surface area (TPSA) is 89.3 Å². The van der Waals surface area contributed by atoms with Crippen LogP contribution in [0.3, 0.4) is 0 Å². The van der Waals surface area contributed by atoms with Crippen LogP contribution in [0.1, 0.15) is 20.8 Å². The minimum atomic E-state index is -3.69. The number of rotatable bonds is 4. The van der Waals surface area contributed by atoms with Gasteiger partial charge in [0.15, 0.2) is 0 Å². The SMILES string of the molecule is Cc1cc(C(=O)NCc2ccc(S(N)(=O)=O)s2)ccc1Cl. The summed E-state index contributed by atoms with van der Waals surface area (Å²) in [4.78, 5) is 12.7. The smallest absolute Gasteiger partial charge is 0.251 e. The molecule has 0 spiro atoms. The van der Waals surface area contributed by atoms with Crippen LogP contribution in [0.25, 0.3) is 0 Å². The van der Waals surface area contributed by atoms with Crippen LogP contribution >= 0.6 is 22.9 Å². The number of nitrogens with one attached hydrogen (secondary N) is 1. The Bertz CT molecular complexity index is 784. The van der Waals surface area contributed by atoms with Crippen molar-refractivity contribution in [2.24, 2.45) is 5.14 Å². The maximum atomic E-state index is 12.0. The molecule has 0 bridgehead atoms. The lowest BCUT2D eigenvalue weighted by Gasteiger charge is -2.05. The Balaban J connectivity index is 2.04. The zero-order valence-electron chi connectivity index (χ0n) is 11.1. The Kier molecular flexibility index (Phi) is 4.67. The van der Waals surface area contributed by atoms with Gasteiger partial charge in [-0.15, -0.1) is 11.3 Å². The third-order valence-corrected chi connectivity index (χ3v) is 5.71. The summed E-state index contributed by atoms with van der Waals surface area (Å²) in [5.41, 5.74) is 1.32. The Hall–Kier alpha value is -1.41. The van der Waals surface area contributed by atoms with Gasteiger partial charge in [-0.1, -0.05) is 11.6 Å². The summed E-state index contributed by atoms with van der Waals surface area (Å²) >= 11 is 6.94. The molecular weight excluding hydrogens is 332 g/mol. The number of aryl methyl sites for hydroxylation is 1. The van der Waals surface area contributed by atoms with E-state index in [2.05, 4.69) is 5.32 Å². The summed E-state index contributed by atoms with van der Waals surface area (Å²) in [6.45, 7) is 2.05. The fourth-order valence-corrected chi connectivity index (χ4v) is 3.50. The van der Waals surface area contributed by atoms with Gasteiger partial charge in [0.05, 0.1) is 6.54 Å². The van der Waals surface area contributed by atoms with E-state index < -0.39 is 10.0 Å². The molecule has 8 heteroatoms. The molecule has 0 aliphatic carbocycles. The molecule has 1 amide bonds. The van der Waals surface area contributed by atoms with E-state index in [1.165, 1.54) is 6.07 Å². The monoisotopic (exact) mass is 344 g/mol. The molecule has 5 nitrogen and oxygen atoms in total. The van der Waals surface area contributed by atoms with Gasteiger partial charge in [0.25, 0.3) is 5.91 Å². The Morgan fingerprint density at radius 1 is 1.33 bits per heavy atom. The van der Waals surface area contributed by atoms with Gasteiger partial charge in [0, 0.05) is 15.5 Å². The summed E-state index contributed by atoms with van der Waals surface area (Å²) in [5.74, 6) is -0.250. The van der Waals surface area contributed by atoms with E-state index in [0.717, 1.165) is 16.9 Å². The van der Waals surface area contributed by atoms with Crippen LogP contribution in [-0.2, 0) is 16.6 Å². The number of thiophene rings is 1. The second-order valence-electron chi connectivity index (χ2n) is 4.41. The predicted molar refractivity (Wildman–Crippen MR) is 83.1 cm³/mol. The molecule has 0 aliphatic rings. The Morgan fingerprint density at radius 2 is 2.05 bits per heavy atom. The van der Waals surface area contributed by atoms with Crippen LogP contribution in [0, 0.1) is 6.92 Å². The maximum absolute atomic E-state index is 12.0. The fraction of sp³-hybridized carbons (Fsp3) is 0.154. The molecule has 112 valence electrons. The third-order valence-electron chi connectivity index (χ3n) is 2.76. The predicted octanol–water partition coefficient (Wildman–Crippen LogP) is 2.29. The van der Waals surface area contributed by atoms with Crippen LogP contribution in [0.5, 0.6) is 0 Å². The van der Waals surface area contributed by atoms with Crippen molar-refractivity contribution in [1.82, 2.24) is 5.32 Å². The standard InChI is InChI=1S/C13H13ClN2O3S2/c1-8-6-9(2-4-11(8)14)13(17)16-7-10-3-5-12(20-10)21(15,18)19/h2-6H,7H2,1H3,(H,16,17)(H2,15,18,19). The normalized spacial score (nSPS) is 11.4. The third kappa shape index (κ3) is 4.04. The van der Waals surface area contributed by atoms with Crippen LogP contribution in [-0.4, -0.2) is 14.3 Å². The maximum Gasteiger partial charge on any atom is 0.251 e. The van der Waals surface area contributed by atoms with Crippen molar-refractivity contribution in [2.75, 3.05) is 0 Å². The lowest BCUT2D eigenvalue weighted by atomic mass is 10.1. The average molecular weight is 345 g/mol. The first-order valence-corrected chi connectivity index (χ1v) is 8.67. The van der Waals surface area contributed by atoms with E-state index in [-0.39, 0.29) is 16.7 Å². The minimum absolute atomic E-state index is 0.0779. The first-order chi connectivity index (χ1) is 9.77. The van der Waals surface area contributed by atoms with Crippen LogP contribution in [0.4, 0.5) is 0 Å². The van der Waals surface area contributed by atoms with Gasteiger partial charge in [-0.05, 0) is 42.8 Å². The van der Waals surface area contributed by atoms with Gasteiger partial charge < -0.3 is 5.32 Å². The summed E-state index contributed by atoms with van der Waals surface area (Å²) < 4.78 is 22.4. The summed E-state index contributed by atoms with van der Waals surface area (Å²) in [6, 6.07) is 8.04. The first-order valence-electron chi connectivity index (χ1n) is 5.93. The van der Waals surface area contributed by atoms with Crippen molar-refractivity contribution in [3.63, 3.8) is 0 Å². The van der Waals surface area contributed by atoms with Crippen molar-refractivity contribution in [3.8, 4) is 0 Å². The molecule has 0 fully saturated rings. The summed E-state index contributed by atoms with van der Waals surface area (Å²) in [7, 11) is -3.69. The van der Waals surface area contributed by atoms with Gasteiger partial charge >= 0.3 is 0 Å². The van der Waals surface area contributed by atoms with Gasteiger partial charge in [0.2, 0.25) is 10.0 Å². The molecule has 0 aliphatic heterocycles. The van der Waals surface area contributed by atoms with E-state index in [1.54, 1.807) is 24.3 Å². The highest BCUT2D eigenvalue weighted by molar-refractivity contribution is 7.91. The molecule has 0 radical (unpaired) electrons. The van der Waals surface area contributed by atoms with Crippen LogP contribution in [0.2, 0.25) is 5.02 Å². The number of halogens is 1. The van der Waals surface area contributed by atoms with Crippen LogP contribution in [0.15, 0.2) is 34.5 Å². The fourth-order valence-electron chi connectivity index (χ4n) is 1.66.